The Bertz CT molecular complexity index is 443. The van der Waals surface area contributed by atoms with Crippen molar-refractivity contribution in [3.8, 4) is 6.07 Å². The maximum atomic E-state index is 9.81. The lowest BCUT2D eigenvalue weighted by molar-refractivity contribution is 0.0821. The summed E-state index contributed by atoms with van der Waals surface area (Å²) in [4.78, 5) is 0. The van der Waals surface area contributed by atoms with E-state index in [1.165, 1.54) is 96.3 Å². The SMILES string of the molecule is CCCC1(C#N)CCCC([C@H]2CC[C@H]([C@H]3CC[C@H](CCC)CC3)CC2)C1. The molecule has 0 aromatic rings. The zero-order chi connectivity index (χ0) is 18.4. The van der Waals surface area contributed by atoms with Crippen molar-refractivity contribution in [3.05, 3.63) is 0 Å². The smallest absolute Gasteiger partial charge is 0.0689 e. The minimum Gasteiger partial charge on any atom is -0.198 e. The molecule has 3 rings (SSSR count). The molecule has 0 amide bonds. The third-order valence-electron chi connectivity index (χ3n) is 8.59. The van der Waals surface area contributed by atoms with Crippen LogP contribution < -0.4 is 0 Å². The molecule has 0 saturated heterocycles. The molecule has 0 aromatic carbocycles. The van der Waals surface area contributed by atoms with Gasteiger partial charge in [-0.05, 0) is 87.4 Å². The number of hydrogen-bond donors (Lipinski definition) is 0. The Balaban J connectivity index is 1.46. The summed E-state index contributed by atoms with van der Waals surface area (Å²) in [6, 6.07) is 2.76. The first-order valence-corrected chi connectivity index (χ1v) is 12.1. The minimum absolute atomic E-state index is 0.0339. The van der Waals surface area contributed by atoms with Gasteiger partial charge in [-0.3, -0.25) is 0 Å². The molecule has 0 aromatic heterocycles. The van der Waals surface area contributed by atoms with E-state index in [0.29, 0.717) is 0 Å². The summed E-state index contributed by atoms with van der Waals surface area (Å²) in [5.74, 6) is 4.93. The third kappa shape index (κ3) is 4.85. The fourth-order valence-corrected chi connectivity index (χ4v) is 7.12. The van der Waals surface area contributed by atoms with Gasteiger partial charge in [-0.25, -0.2) is 0 Å². The molecule has 2 unspecified atom stereocenters. The molecule has 3 aliphatic rings. The topological polar surface area (TPSA) is 23.8 Å². The van der Waals surface area contributed by atoms with Crippen LogP contribution in [0.2, 0.25) is 0 Å². The van der Waals surface area contributed by atoms with Gasteiger partial charge in [-0.1, -0.05) is 58.8 Å². The normalized spacial score (nSPS) is 41.5. The van der Waals surface area contributed by atoms with Crippen molar-refractivity contribution in [2.24, 2.45) is 35.0 Å². The van der Waals surface area contributed by atoms with Gasteiger partial charge >= 0.3 is 0 Å². The van der Waals surface area contributed by atoms with Crippen molar-refractivity contribution in [2.75, 3.05) is 0 Å². The Morgan fingerprint density at radius 3 is 1.88 bits per heavy atom. The molecular formula is C25H43N. The van der Waals surface area contributed by atoms with Crippen molar-refractivity contribution in [3.63, 3.8) is 0 Å². The van der Waals surface area contributed by atoms with E-state index in [1.54, 1.807) is 0 Å². The monoisotopic (exact) mass is 357 g/mol. The molecule has 0 spiro atoms. The molecule has 3 saturated carbocycles. The average Bonchev–Trinajstić information content (AvgIpc) is 2.69. The van der Waals surface area contributed by atoms with Gasteiger partial charge in [0, 0.05) is 0 Å². The van der Waals surface area contributed by atoms with E-state index >= 15 is 0 Å². The lowest BCUT2D eigenvalue weighted by atomic mass is 9.61. The largest absolute Gasteiger partial charge is 0.198 e. The highest BCUT2D eigenvalue weighted by molar-refractivity contribution is 5.03. The van der Waals surface area contributed by atoms with E-state index in [4.69, 9.17) is 0 Å². The zero-order valence-corrected chi connectivity index (χ0v) is 17.6. The predicted molar refractivity (Wildman–Crippen MR) is 111 cm³/mol. The predicted octanol–water partition coefficient (Wildman–Crippen LogP) is 7.90. The van der Waals surface area contributed by atoms with Crippen molar-refractivity contribution in [2.45, 2.75) is 117 Å². The summed E-state index contributed by atoms with van der Waals surface area (Å²) >= 11 is 0. The summed E-state index contributed by atoms with van der Waals surface area (Å²) in [5, 5.41) is 9.81. The van der Waals surface area contributed by atoms with E-state index in [0.717, 1.165) is 36.0 Å². The second kappa shape index (κ2) is 9.61. The zero-order valence-electron chi connectivity index (χ0n) is 17.6. The molecular weight excluding hydrogens is 314 g/mol. The van der Waals surface area contributed by atoms with E-state index in [9.17, 15) is 5.26 Å². The van der Waals surface area contributed by atoms with Crippen LogP contribution in [0.4, 0.5) is 0 Å². The van der Waals surface area contributed by atoms with Crippen LogP contribution in [0.5, 0.6) is 0 Å². The minimum atomic E-state index is 0.0339. The van der Waals surface area contributed by atoms with Gasteiger partial charge in [0.25, 0.3) is 0 Å². The third-order valence-corrected chi connectivity index (χ3v) is 8.59. The Morgan fingerprint density at radius 2 is 1.35 bits per heavy atom. The first-order chi connectivity index (χ1) is 12.7. The van der Waals surface area contributed by atoms with Gasteiger partial charge in [0.2, 0.25) is 0 Å². The standard InChI is InChI=1S/C25H43N/c1-3-6-20-8-10-21(11-9-20)22-12-14-23(15-13-22)24-7-5-17-25(18-24,19-26)16-4-2/h20-24H,3-18H2,1-2H3/t20-,21-,22-,23-,24?,25?. The molecule has 0 radical (unpaired) electrons. The molecule has 0 N–H and O–H groups in total. The number of nitrogens with zero attached hydrogens (tertiary/aromatic N) is 1. The number of hydrogen-bond acceptors (Lipinski definition) is 1. The molecule has 1 heteroatoms. The van der Waals surface area contributed by atoms with Gasteiger partial charge in [-0.2, -0.15) is 5.26 Å². The van der Waals surface area contributed by atoms with Gasteiger partial charge < -0.3 is 0 Å². The molecule has 2 atom stereocenters. The summed E-state index contributed by atoms with van der Waals surface area (Å²) in [6.07, 6.45) is 22.3. The van der Waals surface area contributed by atoms with Crippen LogP contribution in [0.1, 0.15) is 117 Å². The van der Waals surface area contributed by atoms with Crippen LogP contribution in [-0.2, 0) is 0 Å². The van der Waals surface area contributed by atoms with Crippen molar-refractivity contribution < 1.29 is 0 Å². The Morgan fingerprint density at radius 1 is 0.769 bits per heavy atom. The average molecular weight is 358 g/mol. The molecule has 0 heterocycles. The Kier molecular flexibility index (Phi) is 7.48. The summed E-state index contributed by atoms with van der Waals surface area (Å²) in [7, 11) is 0. The quantitative estimate of drug-likeness (QED) is 0.474. The number of rotatable bonds is 6. The van der Waals surface area contributed by atoms with Crippen LogP contribution in [0, 0.1) is 46.3 Å². The maximum absolute atomic E-state index is 9.81. The van der Waals surface area contributed by atoms with Crippen molar-refractivity contribution >= 4 is 0 Å². The summed E-state index contributed by atoms with van der Waals surface area (Å²) in [6.45, 7) is 4.60. The van der Waals surface area contributed by atoms with Crippen molar-refractivity contribution in [1.29, 1.82) is 5.26 Å². The molecule has 26 heavy (non-hydrogen) atoms. The van der Waals surface area contributed by atoms with Gasteiger partial charge in [0.15, 0.2) is 0 Å². The van der Waals surface area contributed by atoms with Gasteiger partial charge in [-0.15, -0.1) is 0 Å². The fourth-order valence-electron chi connectivity index (χ4n) is 7.12. The van der Waals surface area contributed by atoms with E-state index in [1.807, 2.05) is 0 Å². The summed E-state index contributed by atoms with van der Waals surface area (Å²) in [5.41, 5.74) is 0.0339. The van der Waals surface area contributed by atoms with Gasteiger partial charge in [0.1, 0.15) is 0 Å². The Hall–Kier alpha value is -0.510. The highest BCUT2D eigenvalue weighted by Crippen LogP contribution is 2.50. The van der Waals surface area contributed by atoms with E-state index < -0.39 is 0 Å². The Labute approximate surface area is 163 Å². The van der Waals surface area contributed by atoms with Crippen molar-refractivity contribution in [1.82, 2.24) is 0 Å². The molecule has 3 aliphatic carbocycles. The fraction of sp³-hybridized carbons (Fsp3) is 0.960. The molecule has 3 fully saturated rings. The molecule has 0 bridgehead atoms. The summed E-state index contributed by atoms with van der Waals surface area (Å²) < 4.78 is 0. The highest BCUT2D eigenvalue weighted by atomic mass is 14.5. The molecule has 0 aliphatic heterocycles. The van der Waals surface area contributed by atoms with Crippen LogP contribution in [-0.4, -0.2) is 0 Å². The lowest BCUT2D eigenvalue weighted by Gasteiger charge is -2.43. The first-order valence-electron chi connectivity index (χ1n) is 12.1. The highest BCUT2D eigenvalue weighted by Gasteiger charge is 2.40. The van der Waals surface area contributed by atoms with E-state index in [2.05, 4.69) is 19.9 Å². The van der Waals surface area contributed by atoms with Gasteiger partial charge in [0.05, 0.1) is 11.5 Å². The van der Waals surface area contributed by atoms with E-state index in [-0.39, 0.29) is 5.41 Å². The van der Waals surface area contributed by atoms with Crippen LogP contribution in [0.15, 0.2) is 0 Å². The second-order valence-corrected chi connectivity index (χ2v) is 10.2. The lowest BCUT2D eigenvalue weighted by Crippen LogP contribution is -2.34. The van der Waals surface area contributed by atoms with Crippen LogP contribution >= 0.6 is 0 Å². The second-order valence-electron chi connectivity index (χ2n) is 10.2. The molecule has 148 valence electrons. The first kappa shape index (κ1) is 20.2. The van der Waals surface area contributed by atoms with Crippen LogP contribution in [0.3, 0.4) is 0 Å². The number of nitriles is 1. The maximum Gasteiger partial charge on any atom is 0.0689 e. The van der Waals surface area contributed by atoms with Crippen LogP contribution in [0.25, 0.3) is 0 Å². The molecule has 1 nitrogen and oxygen atoms in total.